The van der Waals surface area contributed by atoms with E-state index in [4.69, 9.17) is 9.57 Å². The third-order valence-electron chi connectivity index (χ3n) is 4.83. The van der Waals surface area contributed by atoms with Crippen LogP contribution in [0.25, 0.3) is 0 Å². The quantitative estimate of drug-likeness (QED) is 0.191. The molecule has 200 valence electrons. The second-order valence-electron chi connectivity index (χ2n) is 9.49. The number of hydrogen-bond donors (Lipinski definition) is 4. The third-order valence-corrected chi connectivity index (χ3v) is 5.59. The van der Waals surface area contributed by atoms with Crippen molar-refractivity contribution in [3.05, 3.63) is 16.9 Å². The van der Waals surface area contributed by atoms with Crippen LogP contribution in [0.15, 0.2) is 10.5 Å². The number of aliphatic carboxylic acids is 1. The Bertz CT molecular complexity index is 1230. The number of rotatable bonds is 9. The van der Waals surface area contributed by atoms with Gasteiger partial charge in [-0.3, -0.25) is 14.9 Å². The van der Waals surface area contributed by atoms with Crippen molar-refractivity contribution in [2.24, 2.45) is 5.16 Å². The number of ether oxygens (including phenoxy) is 1. The summed E-state index contributed by atoms with van der Waals surface area (Å²) in [6.45, 7) is 9.46. The lowest BCUT2D eigenvalue weighted by Gasteiger charge is -2.36. The monoisotopic (exact) mass is 537 g/mol. The molecule has 1 aliphatic heterocycles. The molecular formula is C20H27N9O7S. The Balaban J connectivity index is 1.80. The molecule has 0 bridgehead atoms. The van der Waals surface area contributed by atoms with Crippen LogP contribution in [-0.2, 0) is 30.5 Å². The Morgan fingerprint density at radius 1 is 1.27 bits per heavy atom. The van der Waals surface area contributed by atoms with Gasteiger partial charge in [0.25, 0.3) is 5.91 Å². The first kappa shape index (κ1) is 27.4. The number of aromatic nitrogens is 5. The van der Waals surface area contributed by atoms with Gasteiger partial charge in [-0.05, 0) is 52.0 Å². The summed E-state index contributed by atoms with van der Waals surface area (Å²) in [5.41, 5.74) is -2.94. The number of nitrogens with one attached hydrogen (secondary N) is 3. The molecule has 37 heavy (non-hydrogen) atoms. The summed E-state index contributed by atoms with van der Waals surface area (Å²) < 4.78 is 6.65. The molecule has 1 saturated heterocycles. The highest BCUT2D eigenvalue weighted by Crippen LogP contribution is 2.20. The van der Waals surface area contributed by atoms with Crippen LogP contribution in [0.3, 0.4) is 0 Å². The lowest BCUT2D eigenvalue weighted by Crippen LogP contribution is -2.70. The smallest absolute Gasteiger partial charge is 0.413 e. The second kappa shape index (κ2) is 10.5. The van der Waals surface area contributed by atoms with E-state index in [2.05, 4.69) is 41.6 Å². The van der Waals surface area contributed by atoms with E-state index in [0.29, 0.717) is 5.82 Å². The normalized spacial score (nSPS) is 17.9. The Kier molecular flexibility index (Phi) is 7.75. The van der Waals surface area contributed by atoms with Crippen LogP contribution in [0.1, 0.15) is 46.1 Å². The van der Waals surface area contributed by atoms with Crippen LogP contribution in [0.2, 0.25) is 0 Å². The average molecular weight is 538 g/mol. The number of oxime groups is 1. The molecule has 3 rings (SSSR count). The number of thiazole rings is 1. The zero-order valence-electron chi connectivity index (χ0n) is 20.9. The number of aryl methyl sites for hydroxylation is 1. The van der Waals surface area contributed by atoms with Crippen molar-refractivity contribution in [2.45, 2.75) is 71.4 Å². The van der Waals surface area contributed by atoms with E-state index in [9.17, 15) is 24.3 Å². The van der Waals surface area contributed by atoms with E-state index >= 15 is 0 Å². The molecule has 0 radical (unpaired) electrons. The van der Waals surface area contributed by atoms with Gasteiger partial charge in [0.15, 0.2) is 10.8 Å². The summed E-state index contributed by atoms with van der Waals surface area (Å²) >= 11 is 0.973. The van der Waals surface area contributed by atoms with Gasteiger partial charge in [-0.15, -0.1) is 16.4 Å². The van der Waals surface area contributed by atoms with Crippen molar-refractivity contribution in [1.29, 1.82) is 0 Å². The molecule has 1 aliphatic rings. The van der Waals surface area contributed by atoms with Gasteiger partial charge in [-0.2, -0.15) is 0 Å². The number of carbonyl (C=O) groups is 4. The number of β-lactam (4-membered cyclic amide) rings is 1. The van der Waals surface area contributed by atoms with Gasteiger partial charge in [-0.1, -0.05) is 5.16 Å². The molecule has 3 heterocycles. The molecule has 0 aromatic carbocycles. The van der Waals surface area contributed by atoms with Gasteiger partial charge in [0, 0.05) is 5.38 Å². The van der Waals surface area contributed by atoms with E-state index in [0.717, 1.165) is 11.3 Å². The van der Waals surface area contributed by atoms with Crippen LogP contribution in [0.4, 0.5) is 9.93 Å². The van der Waals surface area contributed by atoms with Crippen molar-refractivity contribution in [2.75, 3.05) is 5.32 Å². The SMILES string of the molecule is Cc1nnnn1C[C@H]1NC(=O)[C@H]1NC(=O)/C(=N\OC(C)(C)C(=O)O)c1csc(NC(=O)OC(C)(C)C)n1. The van der Waals surface area contributed by atoms with Gasteiger partial charge in [0.1, 0.15) is 23.2 Å². The molecule has 2 aromatic rings. The highest BCUT2D eigenvalue weighted by Gasteiger charge is 2.42. The first-order valence-electron chi connectivity index (χ1n) is 11.0. The van der Waals surface area contributed by atoms with E-state index in [-0.39, 0.29) is 17.4 Å². The third kappa shape index (κ3) is 6.96. The average Bonchev–Trinajstić information content (AvgIpc) is 3.39. The molecule has 2 aromatic heterocycles. The lowest BCUT2D eigenvalue weighted by molar-refractivity contribution is -0.161. The highest BCUT2D eigenvalue weighted by atomic mass is 32.1. The Hall–Kier alpha value is -4.15. The Morgan fingerprint density at radius 3 is 2.54 bits per heavy atom. The molecule has 0 unspecified atom stereocenters. The zero-order valence-corrected chi connectivity index (χ0v) is 21.7. The molecule has 17 heteroatoms. The molecule has 16 nitrogen and oxygen atoms in total. The fourth-order valence-electron chi connectivity index (χ4n) is 2.81. The van der Waals surface area contributed by atoms with Crippen LogP contribution in [-0.4, -0.2) is 83.2 Å². The molecule has 1 fully saturated rings. The minimum atomic E-state index is -1.77. The molecule has 0 spiro atoms. The molecule has 4 N–H and O–H groups in total. The van der Waals surface area contributed by atoms with Crippen LogP contribution >= 0.6 is 11.3 Å². The Labute approximate surface area is 214 Å². The summed E-state index contributed by atoms with van der Waals surface area (Å²) in [4.78, 5) is 58.1. The first-order chi connectivity index (χ1) is 17.2. The maximum Gasteiger partial charge on any atom is 0.413 e. The van der Waals surface area contributed by atoms with Crippen LogP contribution in [0.5, 0.6) is 0 Å². The maximum atomic E-state index is 13.2. The lowest BCUT2D eigenvalue weighted by atomic mass is 9.98. The van der Waals surface area contributed by atoms with Gasteiger partial charge in [0.2, 0.25) is 11.5 Å². The first-order valence-corrected chi connectivity index (χ1v) is 11.8. The minimum absolute atomic E-state index is 0.0256. The predicted octanol–water partition coefficient (Wildman–Crippen LogP) is 0.0523. The van der Waals surface area contributed by atoms with Crippen molar-refractivity contribution < 1.29 is 33.9 Å². The summed E-state index contributed by atoms with van der Waals surface area (Å²) in [5.74, 6) is -2.10. The number of anilines is 1. The van der Waals surface area contributed by atoms with Gasteiger partial charge < -0.3 is 25.3 Å². The van der Waals surface area contributed by atoms with Gasteiger partial charge >= 0.3 is 12.1 Å². The maximum absolute atomic E-state index is 13.2. The number of tetrazole rings is 1. The summed E-state index contributed by atoms with van der Waals surface area (Å²) in [6, 6.07) is -1.47. The van der Waals surface area contributed by atoms with Crippen molar-refractivity contribution in [3.8, 4) is 0 Å². The summed E-state index contributed by atoms with van der Waals surface area (Å²) in [5, 5.41) is 33.4. The number of carboxylic acids is 1. The minimum Gasteiger partial charge on any atom is -0.478 e. The summed E-state index contributed by atoms with van der Waals surface area (Å²) in [7, 11) is 0. The van der Waals surface area contributed by atoms with Crippen molar-refractivity contribution in [1.82, 2.24) is 35.8 Å². The number of hydrogen-bond acceptors (Lipinski definition) is 12. The predicted molar refractivity (Wildman–Crippen MR) is 128 cm³/mol. The van der Waals surface area contributed by atoms with Crippen molar-refractivity contribution >= 4 is 46.1 Å². The number of nitrogens with zero attached hydrogens (tertiary/aromatic N) is 6. The topological polar surface area (TPSA) is 212 Å². The molecule has 0 saturated carbocycles. The molecule has 3 amide bonds. The van der Waals surface area contributed by atoms with E-state index in [1.165, 1.54) is 23.9 Å². The highest BCUT2D eigenvalue weighted by molar-refractivity contribution is 7.14. The van der Waals surface area contributed by atoms with E-state index in [1.807, 2.05) is 0 Å². The number of amides is 3. The van der Waals surface area contributed by atoms with E-state index < -0.39 is 52.9 Å². The molecular weight excluding hydrogens is 510 g/mol. The number of carbonyl (C=O) groups excluding carboxylic acids is 3. The van der Waals surface area contributed by atoms with Gasteiger partial charge in [-0.25, -0.2) is 19.3 Å². The second-order valence-corrected chi connectivity index (χ2v) is 10.3. The standard InChI is InChI=1S/C20H27N9O7S/c1-9-25-27-28-29(9)7-10-12(14(30)21-10)23-15(31)13(26-36-20(5,6)16(32)33)11-8-37-17(22-11)24-18(34)35-19(2,3)4/h8,10,12H,7H2,1-6H3,(H,21,30)(H,23,31)(H,32,33)(H,22,24,34)/b26-13-/t10-,12+/m1/s1. The van der Waals surface area contributed by atoms with Crippen LogP contribution in [0, 0.1) is 6.92 Å². The van der Waals surface area contributed by atoms with Gasteiger partial charge in [0.05, 0.1) is 12.6 Å². The number of carboxylic acid groups (broad SMARTS) is 1. The fourth-order valence-corrected chi connectivity index (χ4v) is 3.49. The van der Waals surface area contributed by atoms with Crippen LogP contribution < -0.4 is 16.0 Å². The fraction of sp³-hybridized carbons (Fsp3) is 0.550. The van der Waals surface area contributed by atoms with Crippen molar-refractivity contribution in [3.63, 3.8) is 0 Å². The molecule has 2 atom stereocenters. The Morgan fingerprint density at radius 2 is 1.97 bits per heavy atom. The molecule has 0 aliphatic carbocycles. The summed E-state index contributed by atoms with van der Waals surface area (Å²) in [6.07, 6.45) is -0.758. The largest absolute Gasteiger partial charge is 0.478 e. The van der Waals surface area contributed by atoms with E-state index in [1.54, 1.807) is 27.7 Å². The zero-order chi connectivity index (χ0) is 27.5.